The molecule has 70 valence electrons. The summed E-state index contributed by atoms with van der Waals surface area (Å²) >= 11 is 0. The topological polar surface area (TPSA) is 32.8 Å². The average molecular weight is 180 g/mol. The number of ether oxygens (including phenoxy) is 1. The van der Waals surface area contributed by atoms with Crippen LogP contribution in [0.2, 0.25) is 0 Å². The van der Waals surface area contributed by atoms with Gasteiger partial charge in [-0.15, -0.1) is 0 Å². The van der Waals surface area contributed by atoms with Crippen LogP contribution >= 0.6 is 0 Å². The van der Waals surface area contributed by atoms with E-state index < -0.39 is 0 Å². The molecule has 0 spiro atoms. The van der Waals surface area contributed by atoms with Crippen LogP contribution in [0.5, 0.6) is 0 Å². The van der Waals surface area contributed by atoms with Crippen molar-refractivity contribution in [3.63, 3.8) is 0 Å². The Hall–Kier alpha value is -1.45. The van der Waals surface area contributed by atoms with E-state index in [-0.39, 0.29) is 5.97 Å². The molecule has 0 bridgehead atoms. The van der Waals surface area contributed by atoms with Crippen LogP contribution in [-0.4, -0.2) is 35.7 Å². The Balaban J connectivity index is 2.00. The van der Waals surface area contributed by atoms with Crippen LogP contribution in [0.1, 0.15) is 6.92 Å². The molecule has 2 aliphatic rings. The van der Waals surface area contributed by atoms with Gasteiger partial charge in [0.15, 0.2) is 0 Å². The Labute approximate surface area is 77.0 Å². The molecule has 0 aromatic rings. The van der Waals surface area contributed by atoms with Gasteiger partial charge in [-0.1, -0.05) is 0 Å². The molecule has 13 heavy (non-hydrogen) atoms. The van der Waals surface area contributed by atoms with Crippen LogP contribution < -0.4 is 0 Å². The Morgan fingerprint density at radius 2 is 2.46 bits per heavy atom. The highest BCUT2D eigenvalue weighted by Gasteiger charge is 2.26. The molecule has 0 atom stereocenters. The monoisotopic (exact) mass is 180 g/mol. The summed E-state index contributed by atoms with van der Waals surface area (Å²) in [7, 11) is 0. The molecule has 0 saturated heterocycles. The highest BCUT2D eigenvalue weighted by Crippen LogP contribution is 2.19. The quantitative estimate of drug-likeness (QED) is 0.579. The van der Waals surface area contributed by atoms with E-state index in [2.05, 4.69) is 6.08 Å². The molecule has 0 aromatic heterocycles. The molecule has 0 unspecified atom stereocenters. The second-order valence-electron chi connectivity index (χ2n) is 2.98. The normalized spacial score (nSPS) is 19.0. The van der Waals surface area contributed by atoms with Crippen LogP contribution in [0.25, 0.3) is 0 Å². The Morgan fingerprint density at radius 1 is 1.62 bits per heavy atom. The van der Waals surface area contributed by atoms with E-state index in [0.717, 1.165) is 12.1 Å². The third-order valence-corrected chi connectivity index (χ3v) is 2.07. The van der Waals surface area contributed by atoms with Gasteiger partial charge in [0.05, 0.1) is 25.3 Å². The van der Waals surface area contributed by atoms with Crippen LogP contribution in [0.4, 0.5) is 0 Å². The van der Waals surface area contributed by atoms with Crippen molar-refractivity contribution in [3.05, 3.63) is 24.0 Å². The molecule has 0 aliphatic carbocycles. The molecule has 4 heteroatoms. The molecule has 2 heterocycles. The molecule has 0 aromatic carbocycles. The summed E-state index contributed by atoms with van der Waals surface area (Å²) in [5.41, 5.74) is 0.728. The Bertz CT molecular complexity index is 283. The van der Waals surface area contributed by atoms with Gasteiger partial charge in [0.2, 0.25) is 0 Å². The van der Waals surface area contributed by atoms with E-state index >= 15 is 0 Å². The number of esters is 1. The van der Waals surface area contributed by atoms with Crippen molar-refractivity contribution in [3.8, 4) is 0 Å². The standard InChI is InChI=1S/C9H12N2O2/c1-2-13-9(12)8-6-10-4-3-5-11(10)7-8/h3-4,7H,2,5-6H2,1H3. The fourth-order valence-electron chi connectivity index (χ4n) is 1.47. The second-order valence-corrected chi connectivity index (χ2v) is 2.98. The van der Waals surface area contributed by atoms with E-state index in [1.165, 1.54) is 0 Å². The van der Waals surface area contributed by atoms with Crippen molar-refractivity contribution in [1.82, 2.24) is 10.0 Å². The van der Waals surface area contributed by atoms with E-state index in [1.54, 1.807) is 0 Å². The van der Waals surface area contributed by atoms with Gasteiger partial charge in [0, 0.05) is 12.4 Å². The summed E-state index contributed by atoms with van der Waals surface area (Å²) < 4.78 is 4.91. The average Bonchev–Trinajstić information content (AvgIpc) is 2.61. The summed E-state index contributed by atoms with van der Waals surface area (Å²) in [5.74, 6) is -0.203. The van der Waals surface area contributed by atoms with Crippen molar-refractivity contribution in [1.29, 1.82) is 0 Å². The molecule has 0 amide bonds. The molecule has 0 radical (unpaired) electrons. The van der Waals surface area contributed by atoms with Crippen molar-refractivity contribution in [2.75, 3.05) is 19.7 Å². The van der Waals surface area contributed by atoms with Gasteiger partial charge in [-0.05, 0) is 13.0 Å². The second kappa shape index (κ2) is 3.12. The lowest BCUT2D eigenvalue weighted by atomic mass is 10.3. The first-order valence-corrected chi connectivity index (χ1v) is 4.39. The molecular weight excluding hydrogens is 168 g/mol. The maximum absolute atomic E-state index is 11.3. The van der Waals surface area contributed by atoms with Crippen LogP contribution in [0.15, 0.2) is 24.0 Å². The lowest BCUT2D eigenvalue weighted by Gasteiger charge is -2.19. The lowest BCUT2D eigenvalue weighted by Crippen LogP contribution is -2.26. The predicted octanol–water partition coefficient (Wildman–Crippen LogP) is 0.493. The third-order valence-electron chi connectivity index (χ3n) is 2.07. The Kier molecular flexibility index (Phi) is 1.96. The summed E-state index contributed by atoms with van der Waals surface area (Å²) in [6, 6.07) is 0. The van der Waals surface area contributed by atoms with E-state index in [4.69, 9.17) is 4.74 Å². The zero-order valence-electron chi connectivity index (χ0n) is 7.56. The number of nitrogens with zero attached hydrogens (tertiary/aromatic N) is 2. The summed E-state index contributed by atoms with van der Waals surface area (Å²) in [5, 5.41) is 3.98. The van der Waals surface area contributed by atoms with Gasteiger partial charge in [-0.3, -0.25) is 10.0 Å². The van der Waals surface area contributed by atoms with Gasteiger partial charge in [-0.25, -0.2) is 4.79 Å². The van der Waals surface area contributed by atoms with Crippen molar-refractivity contribution < 1.29 is 9.53 Å². The number of hydrogen-bond acceptors (Lipinski definition) is 4. The number of carbonyl (C=O) groups is 1. The molecular formula is C9H12N2O2. The molecule has 4 nitrogen and oxygen atoms in total. The fourth-order valence-corrected chi connectivity index (χ4v) is 1.47. The minimum absolute atomic E-state index is 0.203. The van der Waals surface area contributed by atoms with Gasteiger partial charge < -0.3 is 4.74 Å². The van der Waals surface area contributed by atoms with E-state index in [1.807, 2.05) is 29.3 Å². The maximum atomic E-state index is 11.3. The van der Waals surface area contributed by atoms with Crippen molar-refractivity contribution in [2.45, 2.75) is 6.92 Å². The molecule has 2 aliphatic heterocycles. The van der Waals surface area contributed by atoms with Crippen molar-refractivity contribution in [2.24, 2.45) is 0 Å². The first-order chi connectivity index (χ1) is 6.31. The van der Waals surface area contributed by atoms with Crippen LogP contribution in [-0.2, 0) is 9.53 Å². The molecule has 2 rings (SSSR count). The number of carbonyl (C=O) groups excluding carboxylic acids is 1. The maximum Gasteiger partial charge on any atom is 0.337 e. The number of fused-ring (bicyclic) bond motifs is 1. The smallest absolute Gasteiger partial charge is 0.337 e. The summed E-state index contributed by atoms with van der Waals surface area (Å²) in [6.07, 6.45) is 5.87. The zero-order chi connectivity index (χ0) is 9.26. The highest BCUT2D eigenvalue weighted by molar-refractivity contribution is 5.89. The van der Waals surface area contributed by atoms with Crippen LogP contribution in [0, 0.1) is 0 Å². The molecule has 0 saturated carbocycles. The Morgan fingerprint density at radius 3 is 3.15 bits per heavy atom. The third kappa shape index (κ3) is 1.39. The van der Waals surface area contributed by atoms with E-state index in [9.17, 15) is 4.79 Å². The highest BCUT2D eigenvalue weighted by atomic mass is 16.5. The number of hydrazine groups is 1. The number of rotatable bonds is 2. The molecule has 0 N–H and O–H groups in total. The minimum atomic E-state index is -0.203. The first kappa shape index (κ1) is 8.16. The van der Waals surface area contributed by atoms with Crippen LogP contribution in [0.3, 0.4) is 0 Å². The lowest BCUT2D eigenvalue weighted by molar-refractivity contribution is -0.138. The summed E-state index contributed by atoms with van der Waals surface area (Å²) in [4.78, 5) is 11.3. The molecule has 0 fully saturated rings. The fraction of sp³-hybridized carbons (Fsp3) is 0.444. The van der Waals surface area contributed by atoms with Crippen molar-refractivity contribution >= 4 is 5.97 Å². The zero-order valence-corrected chi connectivity index (χ0v) is 7.56. The van der Waals surface area contributed by atoms with Gasteiger partial charge in [0.25, 0.3) is 0 Å². The SMILES string of the molecule is CCOC(=O)C1=CN2CC=CN2C1. The minimum Gasteiger partial charge on any atom is -0.463 e. The van der Waals surface area contributed by atoms with Gasteiger partial charge >= 0.3 is 5.97 Å². The largest absolute Gasteiger partial charge is 0.463 e. The first-order valence-electron chi connectivity index (χ1n) is 4.39. The van der Waals surface area contributed by atoms with E-state index in [0.29, 0.717) is 13.2 Å². The van der Waals surface area contributed by atoms with Gasteiger partial charge in [-0.2, -0.15) is 0 Å². The summed E-state index contributed by atoms with van der Waals surface area (Å²) in [6.45, 7) is 3.74. The predicted molar refractivity (Wildman–Crippen MR) is 47.3 cm³/mol. The van der Waals surface area contributed by atoms with Gasteiger partial charge in [0.1, 0.15) is 0 Å². The number of hydrogen-bond donors (Lipinski definition) is 0.